The fourth-order valence-corrected chi connectivity index (χ4v) is 9.95. The monoisotopic (exact) mass is 1100 g/mol. The van der Waals surface area contributed by atoms with E-state index in [-0.39, 0.29) is 31.1 Å². The molecule has 0 radical (unpaired) electrons. The van der Waals surface area contributed by atoms with Gasteiger partial charge in [-0.05, 0) is 116 Å². The van der Waals surface area contributed by atoms with Crippen molar-refractivity contribution in [3.05, 3.63) is 72.9 Å². The van der Waals surface area contributed by atoms with E-state index < -0.39 is 6.10 Å². The van der Waals surface area contributed by atoms with Crippen LogP contribution in [0.15, 0.2) is 72.9 Å². The molecular formula is C73H130O6. The maximum absolute atomic E-state index is 13.0. The van der Waals surface area contributed by atoms with Crippen molar-refractivity contribution in [2.24, 2.45) is 0 Å². The van der Waals surface area contributed by atoms with Gasteiger partial charge in [0.05, 0.1) is 0 Å². The third-order valence-electron chi connectivity index (χ3n) is 15.2. The Morgan fingerprint density at radius 2 is 0.456 bits per heavy atom. The van der Waals surface area contributed by atoms with Crippen LogP contribution in [0, 0.1) is 0 Å². The normalized spacial score (nSPS) is 12.5. The maximum atomic E-state index is 13.0. The first-order valence-electron chi connectivity index (χ1n) is 34.4. The van der Waals surface area contributed by atoms with Crippen molar-refractivity contribution in [2.75, 3.05) is 13.2 Å². The van der Waals surface area contributed by atoms with Crippen LogP contribution in [0.1, 0.15) is 355 Å². The van der Waals surface area contributed by atoms with Gasteiger partial charge in [-0.3, -0.25) is 14.4 Å². The second-order valence-electron chi connectivity index (χ2n) is 23.1. The topological polar surface area (TPSA) is 78.9 Å². The van der Waals surface area contributed by atoms with Crippen LogP contribution in [0.3, 0.4) is 0 Å². The molecule has 0 N–H and O–H groups in total. The molecule has 6 heteroatoms. The highest BCUT2D eigenvalue weighted by molar-refractivity contribution is 5.71. The first-order chi connectivity index (χ1) is 39.0. The number of hydrogen-bond donors (Lipinski definition) is 0. The molecule has 0 aromatic carbocycles. The molecule has 0 rings (SSSR count). The lowest BCUT2D eigenvalue weighted by molar-refractivity contribution is -0.167. The first kappa shape index (κ1) is 75.8. The van der Waals surface area contributed by atoms with E-state index in [2.05, 4.69) is 93.7 Å². The fraction of sp³-hybridized carbons (Fsp3) is 0.795. The molecule has 0 aromatic heterocycles. The summed E-state index contributed by atoms with van der Waals surface area (Å²) >= 11 is 0. The summed E-state index contributed by atoms with van der Waals surface area (Å²) in [5, 5.41) is 0. The Morgan fingerprint density at radius 3 is 0.759 bits per heavy atom. The Hall–Kier alpha value is -3.15. The summed E-state index contributed by atoms with van der Waals surface area (Å²) in [5.74, 6) is -0.898. The summed E-state index contributed by atoms with van der Waals surface area (Å²) in [6.45, 7) is 6.63. The van der Waals surface area contributed by atoms with Gasteiger partial charge in [0.1, 0.15) is 13.2 Å². The summed E-state index contributed by atoms with van der Waals surface area (Å²) in [6.07, 6.45) is 87.7. The highest BCUT2D eigenvalue weighted by Gasteiger charge is 2.19. The van der Waals surface area contributed by atoms with E-state index in [1.165, 1.54) is 231 Å². The number of allylic oxidation sites excluding steroid dienone is 12. The molecule has 6 nitrogen and oxygen atoms in total. The van der Waals surface area contributed by atoms with Crippen molar-refractivity contribution >= 4 is 17.9 Å². The Labute approximate surface area is 491 Å². The number of hydrogen-bond acceptors (Lipinski definition) is 6. The molecule has 0 unspecified atom stereocenters. The van der Waals surface area contributed by atoms with Gasteiger partial charge in [-0.15, -0.1) is 0 Å². The van der Waals surface area contributed by atoms with Gasteiger partial charge in [0, 0.05) is 19.3 Å². The molecule has 0 amide bonds. The van der Waals surface area contributed by atoms with E-state index in [0.29, 0.717) is 19.3 Å². The third-order valence-corrected chi connectivity index (χ3v) is 15.2. The highest BCUT2D eigenvalue weighted by Crippen LogP contribution is 2.17. The predicted molar refractivity (Wildman–Crippen MR) is 344 cm³/mol. The predicted octanol–water partition coefficient (Wildman–Crippen LogP) is 23.7. The van der Waals surface area contributed by atoms with Crippen molar-refractivity contribution in [3.8, 4) is 0 Å². The molecule has 0 aliphatic heterocycles. The molecule has 1 atom stereocenters. The number of unbranched alkanes of at least 4 members (excludes halogenated alkanes) is 40. The molecule has 0 heterocycles. The van der Waals surface area contributed by atoms with E-state index in [1.807, 2.05) is 0 Å². The largest absolute Gasteiger partial charge is 0.462 e. The molecule has 0 bridgehead atoms. The number of carbonyl (C=O) groups is 3. The number of carbonyl (C=O) groups excluding carboxylic acids is 3. The number of ether oxygens (including phenoxy) is 3. The molecule has 0 saturated heterocycles. The van der Waals surface area contributed by atoms with E-state index in [1.54, 1.807) is 0 Å². The summed E-state index contributed by atoms with van der Waals surface area (Å²) in [6, 6.07) is 0. The van der Waals surface area contributed by atoms with E-state index in [0.717, 1.165) is 83.5 Å². The smallest absolute Gasteiger partial charge is 0.306 e. The lowest BCUT2D eigenvalue weighted by Gasteiger charge is -2.18. The fourth-order valence-electron chi connectivity index (χ4n) is 9.95. The van der Waals surface area contributed by atoms with Crippen molar-refractivity contribution in [3.63, 3.8) is 0 Å². The quantitative estimate of drug-likeness (QED) is 0.0261. The second kappa shape index (κ2) is 67.4. The number of rotatable bonds is 63. The van der Waals surface area contributed by atoms with E-state index in [9.17, 15) is 14.4 Å². The van der Waals surface area contributed by atoms with Crippen LogP contribution in [-0.2, 0) is 28.6 Å². The zero-order valence-corrected chi connectivity index (χ0v) is 52.6. The minimum absolute atomic E-state index is 0.0841. The van der Waals surface area contributed by atoms with Gasteiger partial charge in [0.25, 0.3) is 0 Å². The molecule has 0 aromatic rings. The molecule has 79 heavy (non-hydrogen) atoms. The van der Waals surface area contributed by atoms with Crippen LogP contribution in [0.25, 0.3) is 0 Å². The van der Waals surface area contributed by atoms with Gasteiger partial charge >= 0.3 is 17.9 Å². The van der Waals surface area contributed by atoms with Crippen LogP contribution >= 0.6 is 0 Å². The molecule has 0 aliphatic carbocycles. The lowest BCUT2D eigenvalue weighted by atomic mass is 10.0. The van der Waals surface area contributed by atoms with Crippen LogP contribution < -0.4 is 0 Å². The number of esters is 3. The van der Waals surface area contributed by atoms with Gasteiger partial charge < -0.3 is 14.2 Å². The average molecular weight is 1100 g/mol. The van der Waals surface area contributed by atoms with Gasteiger partial charge in [-0.2, -0.15) is 0 Å². The molecule has 0 spiro atoms. The SMILES string of the molecule is CCCCC/C=C\C/C=C\C/C=C\C/C=C\CCCCCC(=O)OC[C@H](COC(=O)CCCCCCCCCCCCC/C=C\CCCCCCCC)OC(=O)CCCCCCCCCCCCC/C=C\CCCCCCCC. The van der Waals surface area contributed by atoms with Crippen molar-refractivity contribution < 1.29 is 28.6 Å². The molecule has 0 aliphatic rings. The average Bonchev–Trinajstić information content (AvgIpc) is 3.45. The Bertz CT molecular complexity index is 1450. The zero-order chi connectivity index (χ0) is 57.1. The molecule has 0 fully saturated rings. The molecule has 458 valence electrons. The maximum Gasteiger partial charge on any atom is 0.306 e. The zero-order valence-electron chi connectivity index (χ0n) is 52.6. The van der Waals surface area contributed by atoms with Crippen molar-refractivity contribution in [2.45, 2.75) is 361 Å². The highest BCUT2D eigenvalue weighted by atomic mass is 16.6. The van der Waals surface area contributed by atoms with Crippen LogP contribution in [0.2, 0.25) is 0 Å². The minimum atomic E-state index is -0.791. The first-order valence-corrected chi connectivity index (χ1v) is 34.4. The molecule has 0 saturated carbocycles. The van der Waals surface area contributed by atoms with Gasteiger partial charge in [0.15, 0.2) is 6.10 Å². The third kappa shape index (κ3) is 65.5. The van der Waals surface area contributed by atoms with E-state index in [4.69, 9.17) is 14.2 Å². The Morgan fingerprint density at radius 1 is 0.253 bits per heavy atom. The summed E-state index contributed by atoms with van der Waals surface area (Å²) < 4.78 is 17.0. The molecular weight excluding hydrogens is 973 g/mol. The van der Waals surface area contributed by atoms with E-state index >= 15 is 0 Å². The van der Waals surface area contributed by atoms with Crippen LogP contribution in [0.4, 0.5) is 0 Å². The lowest BCUT2D eigenvalue weighted by Crippen LogP contribution is -2.30. The van der Waals surface area contributed by atoms with Gasteiger partial charge in [-0.25, -0.2) is 0 Å². The van der Waals surface area contributed by atoms with Crippen molar-refractivity contribution in [1.29, 1.82) is 0 Å². The standard InChI is InChI=1S/C73H130O6/c1-4-7-10-13-16-19-22-25-28-31-34-36-39-42-45-48-51-54-57-60-63-66-72(75)78-69-70(68-77-71(74)65-62-59-56-53-50-47-44-41-38-33-30-27-24-21-18-15-12-9-6-3)79-73(76)67-64-61-58-55-52-49-46-43-40-37-35-32-29-26-23-20-17-14-11-8-5-2/h18,21,25-30,38,41,47,50,70H,4-17,19-20,22-24,31-37,39-40,42-46,48-49,51-69H2,1-3H3/b21-18-,28-25-,29-26-,30-27-,41-38-,50-47-/t70-/m1/s1. The summed E-state index contributed by atoms with van der Waals surface area (Å²) in [7, 11) is 0. The van der Waals surface area contributed by atoms with Crippen LogP contribution in [-0.4, -0.2) is 37.2 Å². The summed E-state index contributed by atoms with van der Waals surface area (Å²) in [4.78, 5) is 38.4. The van der Waals surface area contributed by atoms with Gasteiger partial charge in [0.2, 0.25) is 0 Å². The van der Waals surface area contributed by atoms with Gasteiger partial charge in [-0.1, -0.05) is 293 Å². The van der Waals surface area contributed by atoms with Crippen LogP contribution in [0.5, 0.6) is 0 Å². The Kier molecular flexibility index (Phi) is 64.7. The van der Waals surface area contributed by atoms with Crippen molar-refractivity contribution in [1.82, 2.24) is 0 Å². The summed E-state index contributed by atoms with van der Waals surface area (Å²) in [5.41, 5.74) is 0. The second-order valence-corrected chi connectivity index (χ2v) is 23.1. The minimum Gasteiger partial charge on any atom is -0.462 e. The Balaban J connectivity index is 4.40.